The number of halogens is 1. The highest BCUT2D eigenvalue weighted by molar-refractivity contribution is 5.96. The molecule has 264 valence electrons. The number of aromatic nitrogens is 3. The van der Waals surface area contributed by atoms with Crippen molar-refractivity contribution in [2.45, 2.75) is 25.4 Å². The Morgan fingerprint density at radius 3 is 2.52 bits per heavy atom. The minimum Gasteiger partial charge on any atom is -0.504 e. The molecule has 0 bridgehead atoms. The van der Waals surface area contributed by atoms with E-state index in [2.05, 4.69) is 21.6 Å². The molecular formula is C37H33FN8O6. The fourth-order valence-electron chi connectivity index (χ4n) is 6.14. The first-order valence-electron chi connectivity index (χ1n) is 15.9. The van der Waals surface area contributed by atoms with Gasteiger partial charge in [-0.1, -0.05) is 24.3 Å². The number of nitrogens with one attached hydrogen (secondary N) is 3. The number of nitrogens with zero attached hydrogens (tertiary/aromatic N) is 5. The Morgan fingerprint density at radius 2 is 1.87 bits per heavy atom. The maximum atomic E-state index is 14.9. The summed E-state index contributed by atoms with van der Waals surface area (Å²) in [4.78, 5) is 26.6. The first-order valence-corrected chi connectivity index (χ1v) is 15.9. The summed E-state index contributed by atoms with van der Waals surface area (Å²) in [5.74, 6) is -0.673. The van der Waals surface area contributed by atoms with Gasteiger partial charge in [0.1, 0.15) is 29.3 Å². The summed E-state index contributed by atoms with van der Waals surface area (Å²) in [5, 5.41) is 57.6. The number of hydroxylamine groups is 1. The van der Waals surface area contributed by atoms with Crippen molar-refractivity contribution < 1.29 is 34.1 Å². The Bertz CT molecular complexity index is 2220. The molecule has 0 spiro atoms. The third kappa shape index (κ3) is 7.81. The highest BCUT2D eigenvalue weighted by Gasteiger charge is 2.26. The van der Waals surface area contributed by atoms with E-state index >= 15 is 0 Å². The number of hydrogen-bond donors (Lipinski definition) is 6. The van der Waals surface area contributed by atoms with Gasteiger partial charge in [0, 0.05) is 60.0 Å². The van der Waals surface area contributed by atoms with Crippen LogP contribution in [0.5, 0.6) is 11.5 Å². The molecule has 0 saturated carbocycles. The van der Waals surface area contributed by atoms with Crippen LogP contribution in [0, 0.1) is 28.5 Å². The van der Waals surface area contributed by atoms with Gasteiger partial charge in [-0.2, -0.15) is 15.6 Å². The molecule has 0 radical (unpaired) electrons. The smallest absolute Gasteiger partial charge is 0.290 e. The number of methoxy groups -OCH3 is 1. The van der Waals surface area contributed by atoms with E-state index in [-0.39, 0.29) is 35.1 Å². The van der Waals surface area contributed by atoms with E-state index in [0.29, 0.717) is 47.7 Å². The van der Waals surface area contributed by atoms with Crippen molar-refractivity contribution in [1.82, 2.24) is 26.0 Å². The average Bonchev–Trinajstić information content (AvgIpc) is 3.67. The number of amides is 1. The minimum atomic E-state index is -0.703. The fraction of sp³-hybridized carbons (Fsp3) is 0.189. The Labute approximate surface area is 297 Å². The number of benzene rings is 3. The second kappa shape index (κ2) is 16.7. The maximum Gasteiger partial charge on any atom is 0.290 e. The zero-order valence-electron chi connectivity index (χ0n) is 27.8. The Balaban J connectivity index is 0.00000168. The molecule has 6 rings (SSSR count). The van der Waals surface area contributed by atoms with Crippen molar-refractivity contribution in [2.24, 2.45) is 0 Å². The lowest BCUT2D eigenvalue weighted by molar-refractivity contribution is -0.124. The van der Waals surface area contributed by atoms with Crippen LogP contribution in [0.15, 0.2) is 67.0 Å². The number of piperidine rings is 1. The average molecular weight is 705 g/mol. The molecule has 1 fully saturated rings. The van der Waals surface area contributed by atoms with Crippen LogP contribution in [0.2, 0.25) is 0 Å². The van der Waals surface area contributed by atoms with Crippen molar-refractivity contribution in [3.8, 4) is 45.9 Å². The Hall–Kier alpha value is -6.81. The summed E-state index contributed by atoms with van der Waals surface area (Å²) in [7, 11) is 1.45. The van der Waals surface area contributed by atoms with E-state index in [0.717, 1.165) is 34.9 Å². The molecule has 1 aliphatic heterocycles. The molecule has 52 heavy (non-hydrogen) atoms. The molecule has 1 aliphatic rings. The number of aromatic hydroxyl groups is 1. The number of carboxylic acid groups (broad SMARTS) is 1. The van der Waals surface area contributed by atoms with Gasteiger partial charge in [0.25, 0.3) is 12.4 Å². The highest BCUT2D eigenvalue weighted by atomic mass is 19.1. The lowest BCUT2D eigenvalue weighted by Crippen LogP contribution is -2.43. The van der Waals surface area contributed by atoms with E-state index in [1.807, 2.05) is 23.1 Å². The maximum absolute atomic E-state index is 14.9. The van der Waals surface area contributed by atoms with Crippen LogP contribution < -0.4 is 20.4 Å². The molecule has 1 amide bonds. The van der Waals surface area contributed by atoms with Crippen molar-refractivity contribution >= 4 is 35.2 Å². The van der Waals surface area contributed by atoms with Crippen molar-refractivity contribution in [3.05, 3.63) is 95.1 Å². The largest absolute Gasteiger partial charge is 0.504 e. The number of fused-ring (bicyclic) bond motifs is 1. The van der Waals surface area contributed by atoms with E-state index < -0.39 is 11.7 Å². The molecule has 1 saturated heterocycles. The van der Waals surface area contributed by atoms with E-state index in [1.165, 1.54) is 31.4 Å². The van der Waals surface area contributed by atoms with Gasteiger partial charge in [-0.05, 0) is 59.9 Å². The Morgan fingerprint density at radius 1 is 1.12 bits per heavy atom. The first-order chi connectivity index (χ1) is 25.3. The number of phenols is 1. The standard InChI is InChI=1S/C36H31FN8O4.CH2O2/c1-49-32-8-6-22(15-31(32)46)28-19-41-36(27(17-39)34(28)23-3-4-24(16-38)30(37)14-23)45-12-10-26(11-13-45)40-18-25-5-2-21(7-9-33(47)44-48)35-29(25)20-42-43-35;2-1-3/h2-9,14-15,19-20,26,40,46,48H,10-13,18H2,1H3,(H,42,43)(H,44,47);1H,(H,2,3)/b9-7+;. The van der Waals surface area contributed by atoms with Gasteiger partial charge in [-0.3, -0.25) is 19.9 Å². The van der Waals surface area contributed by atoms with Gasteiger partial charge in [0.05, 0.1) is 24.4 Å². The number of aromatic amines is 1. The first kappa shape index (κ1) is 36.5. The van der Waals surface area contributed by atoms with Crippen molar-refractivity contribution in [1.29, 1.82) is 10.5 Å². The molecule has 5 aromatic rings. The Kier molecular flexibility index (Phi) is 11.7. The molecule has 14 nitrogen and oxygen atoms in total. The third-order valence-electron chi connectivity index (χ3n) is 8.68. The number of anilines is 1. The third-order valence-corrected chi connectivity index (χ3v) is 8.68. The summed E-state index contributed by atoms with van der Waals surface area (Å²) in [6.07, 6.45) is 7.73. The van der Waals surface area contributed by atoms with Crippen LogP contribution in [-0.4, -0.2) is 69.2 Å². The van der Waals surface area contributed by atoms with Crippen LogP contribution in [0.1, 0.15) is 35.1 Å². The lowest BCUT2D eigenvalue weighted by atomic mass is 9.91. The number of carbonyl (C=O) groups excluding carboxylic acids is 1. The van der Waals surface area contributed by atoms with Crippen LogP contribution >= 0.6 is 0 Å². The van der Waals surface area contributed by atoms with Crippen LogP contribution in [-0.2, 0) is 16.1 Å². The summed E-state index contributed by atoms with van der Waals surface area (Å²) in [6, 6.07) is 17.3. The number of carbonyl (C=O) groups is 2. The van der Waals surface area contributed by atoms with Gasteiger partial charge in [-0.15, -0.1) is 0 Å². The summed E-state index contributed by atoms with van der Waals surface area (Å²) >= 11 is 0. The molecular weight excluding hydrogens is 671 g/mol. The summed E-state index contributed by atoms with van der Waals surface area (Å²) in [6.45, 7) is 1.56. The van der Waals surface area contributed by atoms with Crippen molar-refractivity contribution in [3.63, 3.8) is 0 Å². The predicted molar refractivity (Wildman–Crippen MR) is 189 cm³/mol. The topological polar surface area (TPSA) is 221 Å². The van der Waals surface area contributed by atoms with Gasteiger partial charge < -0.3 is 25.2 Å². The SMILES string of the molecule is COc1ccc(-c2cnc(N3CCC(NCc4ccc(/C=C/C(=O)NO)c5[nH]ncc45)CC3)c(C#N)c2-c2ccc(C#N)c(F)c2)cc1O.O=CO. The molecule has 2 aromatic heterocycles. The quantitative estimate of drug-likeness (QED) is 0.0524. The van der Waals surface area contributed by atoms with E-state index in [1.54, 1.807) is 42.1 Å². The monoisotopic (exact) mass is 704 g/mol. The van der Waals surface area contributed by atoms with Crippen LogP contribution in [0.3, 0.4) is 0 Å². The highest BCUT2D eigenvalue weighted by Crippen LogP contribution is 2.41. The second-order valence-electron chi connectivity index (χ2n) is 11.6. The van der Waals surface area contributed by atoms with Gasteiger partial charge in [0.15, 0.2) is 11.5 Å². The minimum absolute atomic E-state index is 0.0949. The molecule has 6 N–H and O–H groups in total. The number of nitriles is 2. The molecule has 15 heteroatoms. The van der Waals surface area contributed by atoms with Crippen LogP contribution in [0.25, 0.3) is 39.2 Å². The molecule has 0 atom stereocenters. The van der Waals surface area contributed by atoms with Gasteiger partial charge in [0.2, 0.25) is 0 Å². The number of phenolic OH excluding ortho intramolecular Hbond substituents is 1. The number of ether oxygens (including phenoxy) is 1. The zero-order valence-corrected chi connectivity index (χ0v) is 27.8. The van der Waals surface area contributed by atoms with Gasteiger partial charge in [-0.25, -0.2) is 14.9 Å². The van der Waals surface area contributed by atoms with Crippen molar-refractivity contribution in [2.75, 3.05) is 25.1 Å². The zero-order chi connectivity index (χ0) is 37.2. The molecule has 0 aliphatic carbocycles. The summed E-state index contributed by atoms with van der Waals surface area (Å²) < 4.78 is 20.1. The van der Waals surface area contributed by atoms with E-state index in [9.17, 15) is 24.8 Å². The number of pyridine rings is 1. The molecule has 0 unspecified atom stereocenters. The van der Waals surface area contributed by atoms with Crippen LogP contribution in [0.4, 0.5) is 10.2 Å². The fourth-order valence-corrected chi connectivity index (χ4v) is 6.14. The normalized spacial score (nSPS) is 12.8. The predicted octanol–water partition coefficient (Wildman–Crippen LogP) is 4.87. The number of hydrogen-bond acceptors (Lipinski definition) is 11. The summed E-state index contributed by atoms with van der Waals surface area (Å²) in [5.41, 5.74) is 6.21. The van der Waals surface area contributed by atoms with Gasteiger partial charge >= 0.3 is 0 Å². The van der Waals surface area contributed by atoms with E-state index in [4.69, 9.17) is 24.8 Å². The molecule has 3 heterocycles. The lowest BCUT2D eigenvalue weighted by Gasteiger charge is -2.34. The number of H-pyrrole nitrogens is 1. The molecule has 3 aromatic carbocycles. The number of rotatable bonds is 9. The second-order valence-corrected chi connectivity index (χ2v) is 11.6.